The van der Waals surface area contributed by atoms with Crippen LogP contribution in [0, 0.1) is 0 Å². The van der Waals surface area contributed by atoms with Crippen molar-refractivity contribution in [2.24, 2.45) is 5.73 Å². The number of carbonyl (C=O) groups is 1. The van der Waals surface area contributed by atoms with Gasteiger partial charge in [-0.3, -0.25) is 9.89 Å². The topological polar surface area (TPSA) is 83.8 Å². The standard InChI is InChI=1S/C15H14N4O/c16-13(10-5-2-1-3-6-10)15(20)18-12-8-4-7-11-9-17-19-14(11)12/h1-9,13H,16H2,(H,17,19)(H,18,20). The number of para-hydroxylation sites is 1. The number of anilines is 1. The third-order valence-electron chi connectivity index (χ3n) is 3.18. The Balaban J connectivity index is 1.84. The molecule has 0 bridgehead atoms. The number of aromatic nitrogens is 2. The Morgan fingerprint density at radius 2 is 1.95 bits per heavy atom. The number of fused-ring (bicyclic) bond motifs is 1. The van der Waals surface area contributed by atoms with Crippen LogP contribution in [0.2, 0.25) is 0 Å². The van der Waals surface area contributed by atoms with Gasteiger partial charge in [0.15, 0.2) is 0 Å². The zero-order valence-electron chi connectivity index (χ0n) is 10.7. The van der Waals surface area contributed by atoms with E-state index in [9.17, 15) is 4.79 Å². The molecule has 4 N–H and O–H groups in total. The van der Waals surface area contributed by atoms with Gasteiger partial charge in [-0.25, -0.2) is 0 Å². The lowest BCUT2D eigenvalue weighted by atomic mass is 10.1. The first kappa shape index (κ1) is 12.4. The number of benzene rings is 2. The Labute approximate surface area is 115 Å². The van der Waals surface area contributed by atoms with E-state index in [-0.39, 0.29) is 5.91 Å². The number of rotatable bonds is 3. The van der Waals surface area contributed by atoms with Crippen LogP contribution in [-0.2, 0) is 4.79 Å². The second kappa shape index (κ2) is 5.14. The van der Waals surface area contributed by atoms with Gasteiger partial charge in [0.2, 0.25) is 5.91 Å². The molecule has 1 unspecified atom stereocenters. The first-order valence-electron chi connectivity index (χ1n) is 6.29. The predicted octanol–water partition coefficient (Wildman–Crippen LogP) is 2.20. The highest BCUT2D eigenvalue weighted by Gasteiger charge is 2.16. The van der Waals surface area contributed by atoms with Gasteiger partial charge in [0.1, 0.15) is 6.04 Å². The second-order valence-electron chi connectivity index (χ2n) is 4.52. The molecular weight excluding hydrogens is 252 g/mol. The highest BCUT2D eigenvalue weighted by atomic mass is 16.2. The van der Waals surface area contributed by atoms with Gasteiger partial charge >= 0.3 is 0 Å². The smallest absolute Gasteiger partial charge is 0.245 e. The summed E-state index contributed by atoms with van der Waals surface area (Å²) in [7, 11) is 0. The molecule has 20 heavy (non-hydrogen) atoms. The number of carbonyl (C=O) groups excluding carboxylic acids is 1. The van der Waals surface area contributed by atoms with Crippen molar-refractivity contribution in [1.29, 1.82) is 0 Å². The van der Waals surface area contributed by atoms with Crippen LogP contribution in [0.25, 0.3) is 10.9 Å². The maximum Gasteiger partial charge on any atom is 0.245 e. The van der Waals surface area contributed by atoms with Crippen LogP contribution < -0.4 is 11.1 Å². The molecule has 100 valence electrons. The van der Waals surface area contributed by atoms with Crippen molar-refractivity contribution in [3.63, 3.8) is 0 Å². The van der Waals surface area contributed by atoms with Crippen LogP contribution in [-0.4, -0.2) is 16.1 Å². The summed E-state index contributed by atoms with van der Waals surface area (Å²) < 4.78 is 0. The Hall–Kier alpha value is -2.66. The molecule has 5 heteroatoms. The number of nitrogens with zero attached hydrogens (tertiary/aromatic N) is 1. The van der Waals surface area contributed by atoms with Crippen LogP contribution in [0.4, 0.5) is 5.69 Å². The highest BCUT2D eigenvalue weighted by Crippen LogP contribution is 2.21. The van der Waals surface area contributed by atoms with Gasteiger partial charge in [-0.05, 0) is 11.6 Å². The van der Waals surface area contributed by atoms with E-state index in [4.69, 9.17) is 5.73 Å². The van der Waals surface area contributed by atoms with E-state index in [0.717, 1.165) is 16.5 Å². The number of amides is 1. The van der Waals surface area contributed by atoms with E-state index < -0.39 is 6.04 Å². The van der Waals surface area contributed by atoms with Crippen LogP contribution in [0.15, 0.2) is 54.7 Å². The van der Waals surface area contributed by atoms with Crippen LogP contribution in [0.5, 0.6) is 0 Å². The van der Waals surface area contributed by atoms with Crippen molar-refractivity contribution < 1.29 is 4.79 Å². The minimum Gasteiger partial charge on any atom is -0.323 e. The minimum absolute atomic E-state index is 0.252. The van der Waals surface area contributed by atoms with Crippen molar-refractivity contribution in [2.45, 2.75) is 6.04 Å². The molecule has 1 atom stereocenters. The van der Waals surface area contributed by atoms with Gasteiger partial charge in [0, 0.05) is 5.39 Å². The summed E-state index contributed by atoms with van der Waals surface area (Å²) in [4.78, 5) is 12.2. The number of nitrogens with one attached hydrogen (secondary N) is 2. The van der Waals surface area contributed by atoms with Gasteiger partial charge in [-0.2, -0.15) is 5.10 Å². The molecule has 3 rings (SSSR count). The number of hydrogen-bond acceptors (Lipinski definition) is 3. The Morgan fingerprint density at radius 1 is 1.15 bits per heavy atom. The highest BCUT2D eigenvalue weighted by molar-refractivity contribution is 6.02. The fourth-order valence-corrected chi connectivity index (χ4v) is 2.10. The van der Waals surface area contributed by atoms with E-state index in [1.54, 1.807) is 6.20 Å². The zero-order valence-corrected chi connectivity index (χ0v) is 10.7. The molecule has 0 saturated heterocycles. The van der Waals surface area contributed by atoms with Crippen LogP contribution >= 0.6 is 0 Å². The monoisotopic (exact) mass is 266 g/mol. The summed E-state index contributed by atoms with van der Waals surface area (Å²) in [5.74, 6) is -0.252. The molecule has 0 saturated carbocycles. The maximum atomic E-state index is 12.2. The van der Waals surface area contributed by atoms with Gasteiger partial charge in [-0.1, -0.05) is 42.5 Å². The van der Waals surface area contributed by atoms with Gasteiger partial charge < -0.3 is 11.1 Å². The summed E-state index contributed by atoms with van der Waals surface area (Å²) in [6.07, 6.45) is 1.71. The molecule has 1 aromatic heterocycles. The van der Waals surface area contributed by atoms with Crippen molar-refractivity contribution >= 4 is 22.5 Å². The minimum atomic E-state index is -0.700. The largest absolute Gasteiger partial charge is 0.323 e. The fourth-order valence-electron chi connectivity index (χ4n) is 2.10. The molecule has 1 heterocycles. The van der Waals surface area contributed by atoms with E-state index in [1.807, 2.05) is 48.5 Å². The normalized spacial score (nSPS) is 12.2. The summed E-state index contributed by atoms with van der Waals surface area (Å²) in [5, 5.41) is 10.6. The Bertz CT molecular complexity index is 736. The lowest BCUT2D eigenvalue weighted by molar-refractivity contribution is -0.117. The van der Waals surface area contributed by atoms with Crippen LogP contribution in [0.1, 0.15) is 11.6 Å². The van der Waals surface area contributed by atoms with Crippen molar-refractivity contribution in [3.8, 4) is 0 Å². The van der Waals surface area contributed by atoms with Gasteiger partial charge in [-0.15, -0.1) is 0 Å². The molecule has 2 aromatic carbocycles. The third kappa shape index (κ3) is 2.26. The number of hydrogen-bond donors (Lipinski definition) is 3. The third-order valence-corrected chi connectivity index (χ3v) is 3.18. The molecular formula is C15H14N4O. The first-order valence-corrected chi connectivity index (χ1v) is 6.29. The van der Waals surface area contributed by atoms with Crippen LogP contribution in [0.3, 0.4) is 0 Å². The molecule has 1 amide bonds. The number of nitrogens with two attached hydrogens (primary N) is 1. The zero-order chi connectivity index (χ0) is 13.9. The molecule has 0 spiro atoms. The maximum absolute atomic E-state index is 12.2. The summed E-state index contributed by atoms with van der Waals surface area (Å²) >= 11 is 0. The quantitative estimate of drug-likeness (QED) is 0.679. The predicted molar refractivity (Wildman–Crippen MR) is 78.1 cm³/mol. The average Bonchev–Trinajstić information content (AvgIpc) is 2.97. The fraction of sp³-hybridized carbons (Fsp3) is 0.0667. The molecule has 0 aliphatic heterocycles. The first-order chi connectivity index (χ1) is 9.75. The second-order valence-corrected chi connectivity index (χ2v) is 4.52. The average molecular weight is 266 g/mol. The lowest BCUT2D eigenvalue weighted by Gasteiger charge is -2.13. The van der Waals surface area contributed by atoms with Crippen molar-refractivity contribution in [3.05, 3.63) is 60.3 Å². The lowest BCUT2D eigenvalue weighted by Crippen LogP contribution is -2.27. The molecule has 0 aliphatic carbocycles. The van der Waals surface area contributed by atoms with Gasteiger partial charge in [0.25, 0.3) is 0 Å². The number of aromatic amines is 1. The van der Waals surface area contributed by atoms with Crippen molar-refractivity contribution in [1.82, 2.24) is 10.2 Å². The van der Waals surface area contributed by atoms with E-state index in [1.165, 1.54) is 0 Å². The summed E-state index contributed by atoms with van der Waals surface area (Å²) in [6, 6.07) is 14.2. The van der Waals surface area contributed by atoms with Gasteiger partial charge in [0.05, 0.1) is 17.4 Å². The van der Waals surface area contributed by atoms with Crippen molar-refractivity contribution in [2.75, 3.05) is 5.32 Å². The summed E-state index contributed by atoms with van der Waals surface area (Å²) in [5.41, 5.74) is 8.22. The molecule has 3 aromatic rings. The van der Waals surface area contributed by atoms with E-state index >= 15 is 0 Å². The SMILES string of the molecule is NC(C(=O)Nc1cccc2cn[nH]c12)c1ccccc1. The van der Waals surface area contributed by atoms with E-state index in [0.29, 0.717) is 5.69 Å². The molecule has 0 radical (unpaired) electrons. The summed E-state index contributed by atoms with van der Waals surface area (Å²) in [6.45, 7) is 0. The molecule has 5 nitrogen and oxygen atoms in total. The van der Waals surface area contributed by atoms with E-state index in [2.05, 4.69) is 15.5 Å². The Morgan fingerprint density at radius 3 is 2.75 bits per heavy atom. The molecule has 0 fully saturated rings. The Kier molecular flexibility index (Phi) is 3.18. The number of H-pyrrole nitrogens is 1. The molecule has 0 aliphatic rings.